The molecule has 0 saturated carbocycles. The van der Waals surface area contributed by atoms with Crippen molar-refractivity contribution in [2.45, 2.75) is 12.8 Å². The lowest BCUT2D eigenvalue weighted by Gasteiger charge is -2.09. The van der Waals surface area contributed by atoms with Crippen LogP contribution < -0.4 is 5.32 Å². The summed E-state index contributed by atoms with van der Waals surface area (Å²) in [5, 5.41) is 11.2. The topological polar surface area (TPSA) is 78.8 Å². The predicted molar refractivity (Wildman–Crippen MR) is 46.0 cm³/mol. The molecule has 0 spiro atoms. The highest BCUT2D eigenvalue weighted by molar-refractivity contribution is 7.52. The fourth-order valence-electron chi connectivity index (χ4n) is 0.768. The molecule has 1 atom stereocenters. The first-order chi connectivity index (χ1) is 5.62. The molecule has 0 aliphatic carbocycles. The van der Waals surface area contributed by atoms with Crippen molar-refractivity contribution >= 4 is 7.60 Å². The van der Waals surface area contributed by atoms with Crippen LogP contribution in [0, 0.1) is 0 Å². The third-order valence-corrected chi connectivity index (χ3v) is 2.78. The molecule has 0 heterocycles. The normalized spacial score (nSPS) is 15.9. The maximum absolute atomic E-state index is 10.9. The van der Waals surface area contributed by atoms with Crippen LogP contribution in [0.5, 0.6) is 0 Å². The zero-order valence-electron chi connectivity index (χ0n) is 7.19. The summed E-state index contributed by atoms with van der Waals surface area (Å²) < 4.78 is 15.2. The molecule has 3 N–H and O–H groups in total. The van der Waals surface area contributed by atoms with Gasteiger partial charge in [-0.15, -0.1) is 0 Å². The van der Waals surface area contributed by atoms with Crippen molar-refractivity contribution in [3.63, 3.8) is 0 Å². The van der Waals surface area contributed by atoms with Gasteiger partial charge in [0, 0.05) is 0 Å². The number of nitrogens with one attached hydrogen (secondary N) is 1. The number of aliphatic hydroxyl groups excluding tert-OH is 1. The molecular formula is C6H16NO4P. The van der Waals surface area contributed by atoms with Crippen LogP contribution in [0.3, 0.4) is 0 Å². The summed E-state index contributed by atoms with van der Waals surface area (Å²) in [5.41, 5.74) is 0. The Kier molecular flexibility index (Phi) is 6.61. The lowest BCUT2D eigenvalue weighted by molar-refractivity contribution is 0.0864. The van der Waals surface area contributed by atoms with Crippen LogP contribution in [0.1, 0.15) is 12.8 Å². The summed E-state index contributed by atoms with van der Waals surface area (Å²) in [4.78, 5) is 8.97. The second-order valence-corrected chi connectivity index (χ2v) is 4.41. The molecule has 0 saturated heterocycles. The van der Waals surface area contributed by atoms with Crippen molar-refractivity contribution in [3.05, 3.63) is 0 Å². The predicted octanol–water partition coefficient (Wildman–Crippen LogP) is 0.138. The second kappa shape index (κ2) is 6.57. The van der Waals surface area contributed by atoms with Gasteiger partial charge in [0.1, 0.15) is 0 Å². The lowest BCUT2D eigenvalue weighted by atomic mass is 10.3. The molecule has 0 amide bonds. The van der Waals surface area contributed by atoms with Gasteiger partial charge in [-0.1, -0.05) is 0 Å². The van der Waals surface area contributed by atoms with E-state index in [-0.39, 0.29) is 6.16 Å². The Balaban J connectivity index is 3.41. The van der Waals surface area contributed by atoms with Crippen molar-refractivity contribution in [2.24, 2.45) is 0 Å². The van der Waals surface area contributed by atoms with Gasteiger partial charge in [0.05, 0.1) is 6.16 Å². The van der Waals surface area contributed by atoms with E-state index >= 15 is 0 Å². The van der Waals surface area contributed by atoms with E-state index in [0.717, 1.165) is 13.0 Å². The zero-order valence-corrected chi connectivity index (χ0v) is 8.09. The van der Waals surface area contributed by atoms with E-state index in [2.05, 4.69) is 9.84 Å². The van der Waals surface area contributed by atoms with E-state index in [4.69, 9.17) is 10.00 Å². The molecule has 0 fully saturated rings. The molecular weight excluding hydrogens is 181 g/mol. The number of hydrogen-bond acceptors (Lipinski definition) is 4. The van der Waals surface area contributed by atoms with E-state index in [1.54, 1.807) is 0 Å². The maximum Gasteiger partial charge on any atom is 0.330 e. The summed E-state index contributed by atoms with van der Waals surface area (Å²) in [6.45, 7) is 0.124. The van der Waals surface area contributed by atoms with Gasteiger partial charge >= 0.3 is 7.60 Å². The largest absolute Gasteiger partial charge is 0.370 e. The van der Waals surface area contributed by atoms with Crippen LogP contribution in [-0.2, 0) is 9.09 Å². The summed E-state index contributed by atoms with van der Waals surface area (Å²) in [7, 11) is -1.69. The molecule has 12 heavy (non-hydrogen) atoms. The Labute approximate surface area is 72.3 Å². The molecule has 1 unspecified atom stereocenters. The first-order valence-corrected chi connectivity index (χ1v) is 5.60. The summed E-state index contributed by atoms with van der Waals surface area (Å²) in [6, 6.07) is 0. The SMILES string of the molecule is CNCCCCP(=O)(O)OCO. The summed E-state index contributed by atoms with van der Waals surface area (Å²) >= 11 is 0. The van der Waals surface area contributed by atoms with E-state index in [1.807, 2.05) is 7.05 Å². The molecule has 0 rings (SSSR count). The molecule has 6 heteroatoms. The Morgan fingerprint density at radius 3 is 2.67 bits per heavy atom. The van der Waals surface area contributed by atoms with E-state index in [0.29, 0.717) is 6.42 Å². The molecule has 5 nitrogen and oxygen atoms in total. The molecule has 0 aliphatic heterocycles. The highest BCUT2D eigenvalue weighted by Crippen LogP contribution is 2.42. The first-order valence-electron chi connectivity index (χ1n) is 3.84. The van der Waals surface area contributed by atoms with Gasteiger partial charge in [0.15, 0.2) is 6.79 Å². The first kappa shape index (κ1) is 12.1. The van der Waals surface area contributed by atoms with Crippen LogP contribution in [0.4, 0.5) is 0 Å². The molecule has 0 radical (unpaired) electrons. The maximum atomic E-state index is 10.9. The number of unbranched alkanes of at least 4 members (excludes halogenated alkanes) is 1. The van der Waals surface area contributed by atoms with Crippen LogP contribution >= 0.6 is 7.60 Å². The van der Waals surface area contributed by atoms with Crippen LogP contribution in [0.2, 0.25) is 0 Å². The van der Waals surface area contributed by atoms with Crippen molar-refractivity contribution in [2.75, 3.05) is 26.5 Å². The molecule has 0 bridgehead atoms. The fraction of sp³-hybridized carbons (Fsp3) is 1.00. The average Bonchev–Trinajstić information content (AvgIpc) is 1.98. The van der Waals surface area contributed by atoms with Crippen LogP contribution in [0.25, 0.3) is 0 Å². The molecule has 0 aliphatic rings. The third-order valence-electron chi connectivity index (χ3n) is 1.38. The van der Waals surface area contributed by atoms with Crippen molar-refractivity contribution < 1.29 is 19.1 Å². The smallest absolute Gasteiger partial charge is 0.330 e. The Bertz CT molecular complexity index is 152. The van der Waals surface area contributed by atoms with Gasteiger partial charge in [0.25, 0.3) is 0 Å². The molecule has 0 aromatic heterocycles. The van der Waals surface area contributed by atoms with Crippen molar-refractivity contribution in [3.8, 4) is 0 Å². The standard InChI is InChI=1S/C6H16NO4P/c1-7-4-2-3-5-12(9,10)11-6-8/h7-8H,2-6H2,1H3,(H,9,10). The van der Waals surface area contributed by atoms with Crippen molar-refractivity contribution in [1.82, 2.24) is 5.32 Å². The van der Waals surface area contributed by atoms with Gasteiger partial charge in [-0.05, 0) is 26.4 Å². The highest BCUT2D eigenvalue weighted by Gasteiger charge is 2.17. The van der Waals surface area contributed by atoms with Crippen molar-refractivity contribution in [1.29, 1.82) is 0 Å². The number of aliphatic hydroxyl groups is 1. The molecule has 74 valence electrons. The highest BCUT2D eigenvalue weighted by atomic mass is 31.2. The second-order valence-electron chi connectivity index (χ2n) is 2.43. The lowest BCUT2D eigenvalue weighted by Crippen LogP contribution is -2.08. The van der Waals surface area contributed by atoms with Gasteiger partial charge in [-0.2, -0.15) is 0 Å². The van der Waals surface area contributed by atoms with Gasteiger partial charge in [-0.3, -0.25) is 9.09 Å². The minimum absolute atomic E-state index is 0.106. The summed E-state index contributed by atoms with van der Waals surface area (Å²) in [6.07, 6.45) is 1.56. The number of hydrogen-bond donors (Lipinski definition) is 3. The monoisotopic (exact) mass is 197 g/mol. The Morgan fingerprint density at radius 1 is 1.50 bits per heavy atom. The Morgan fingerprint density at radius 2 is 2.17 bits per heavy atom. The van der Waals surface area contributed by atoms with E-state index in [1.165, 1.54) is 0 Å². The average molecular weight is 197 g/mol. The zero-order chi connectivity index (χ0) is 9.45. The van der Waals surface area contributed by atoms with Crippen LogP contribution in [-0.4, -0.2) is 36.5 Å². The fourth-order valence-corrected chi connectivity index (χ4v) is 1.70. The Hall–Kier alpha value is 0.0700. The quantitative estimate of drug-likeness (QED) is 0.307. The minimum atomic E-state index is -3.51. The summed E-state index contributed by atoms with van der Waals surface area (Å²) in [5.74, 6) is 0. The van der Waals surface area contributed by atoms with E-state index < -0.39 is 14.4 Å². The molecule has 0 aromatic rings. The minimum Gasteiger partial charge on any atom is -0.370 e. The van der Waals surface area contributed by atoms with Gasteiger partial charge < -0.3 is 15.3 Å². The van der Waals surface area contributed by atoms with Gasteiger partial charge in [-0.25, -0.2) is 0 Å². The number of rotatable bonds is 7. The van der Waals surface area contributed by atoms with Gasteiger partial charge in [0.2, 0.25) is 0 Å². The van der Waals surface area contributed by atoms with Crippen LogP contribution in [0.15, 0.2) is 0 Å². The molecule has 0 aromatic carbocycles. The third kappa shape index (κ3) is 6.76. The van der Waals surface area contributed by atoms with E-state index in [9.17, 15) is 4.57 Å².